The van der Waals surface area contributed by atoms with E-state index < -0.39 is 0 Å². The van der Waals surface area contributed by atoms with Crippen LogP contribution in [0.1, 0.15) is 349 Å². The van der Waals surface area contributed by atoms with Crippen LogP contribution in [0.5, 0.6) is 5.75 Å². The maximum absolute atomic E-state index is 5.83. The van der Waals surface area contributed by atoms with E-state index in [2.05, 4.69) is 147 Å². The Morgan fingerprint density at radius 1 is 0.326 bits per heavy atom. The predicted octanol–water partition coefficient (Wildman–Crippen LogP) is 12.0. The van der Waals surface area contributed by atoms with Crippen LogP contribution in [0.15, 0.2) is 104 Å². The maximum atomic E-state index is 5.83. The van der Waals surface area contributed by atoms with Gasteiger partial charge in [0.25, 0.3) is 5.82 Å². The van der Waals surface area contributed by atoms with Crippen LogP contribution < -0.4 is 77.2 Å². The van der Waals surface area contributed by atoms with E-state index in [9.17, 15) is 0 Å². The number of aryl methyl sites for hydroxylation is 4. The maximum Gasteiger partial charge on any atom is 0.253 e. The zero-order chi connectivity index (χ0) is 63.6. The van der Waals surface area contributed by atoms with Crippen LogP contribution in [0.3, 0.4) is 0 Å². The molecule has 0 N–H and O–H groups in total. The molecule has 4 rings (SSSR count). The van der Waals surface area contributed by atoms with E-state index in [0.717, 1.165) is 23.4 Å². The smallest absolute Gasteiger partial charge is 0.253 e. The van der Waals surface area contributed by atoms with Crippen molar-refractivity contribution < 1.29 is 81.7 Å². The molecule has 4 aromatic rings. The van der Waals surface area contributed by atoms with Gasteiger partial charge in [-0.05, 0) is 63.5 Å². The third kappa shape index (κ3) is 65.3. The Labute approximate surface area is 607 Å². The number of para-hydroxylation sites is 1. The summed E-state index contributed by atoms with van der Waals surface area (Å²) < 4.78 is 16.4. The average Bonchev–Trinajstić information content (AvgIpc) is 2.73. The molecule has 0 saturated heterocycles. The highest BCUT2D eigenvalue weighted by Gasteiger charge is 2.15. The van der Waals surface area contributed by atoms with Crippen LogP contribution in [-0.4, -0.2) is 42.8 Å². The topological polar surface area (TPSA) is 25.8 Å². The number of imidazole rings is 1. The van der Waals surface area contributed by atoms with Gasteiger partial charge in [0, 0.05) is 44.0 Å². The summed E-state index contributed by atoms with van der Waals surface area (Å²) in [7, 11) is 4.64. The summed E-state index contributed by atoms with van der Waals surface area (Å²) >= 11 is 0. The van der Waals surface area contributed by atoms with E-state index in [1.54, 1.807) is 0 Å². The molecule has 3 aromatic heterocycles. The fourth-order valence-corrected chi connectivity index (χ4v) is 12.0. The Morgan fingerprint density at radius 2 is 0.609 bits per heavy atom. The first-order chi connectivity index (χ1) is 43.3. The van der Waals surface area contributed by atoms with Gasteiger partial charge >= 0.3 is 0 Å². The van der Waals surface area contributed by atoms with Crippen LogP contribution in [0, 0.1) is 6.92 Å². The molecule has 92 heavy (non-hydrogen) atoms. The van der Waals surface area contributed by atoms with Crippen LogP contribution in [-0.2, 0) is 26.2 Å². The van der Waals surface area contributed by atoms with Crippen molar-refractivity contribution in [2.75, 3.05) is 33.8 Å². The highest BCUT2D eigenvalue weighted by Crippen LogP contribution is 2.16. The van der Waals surface area contributed by atoms with Crippen molar-refractivity contribution in [1.82, 2.24) is 4.57 Å². The molecule has 0 bridgehead atoms. The van der Waals surface area contributed by atoms with Gasteiger partial charge in [0.1, 0.15) is 44.4 Å². The number of quaternary nitrogens is 1. The van der Waals surface area contributed by atoms with Crippen molar-refractivity contribution in [3.05, 3.63) is 110 Å². The van der Waals surface area contributed by atoms with Crippen LogP contribution in [0.2, 0.25) is 0 Å². The minimum atomic E-state index is 0. The Bertz CT molecular complexity index is 1920. The third-order valence-corrected chi connectivity index (χ3v) is 18.2. The monoisotopic (exact) mass is 1450 g/mol. The fourth-order valence-electron chi connectivity index (χ4n) is 12.0. The average molecular weight is 1450 g/mol. The predicted molar refractivity (Wildman–Crippen MR) is 386 cm³/mol. The van der Waals surface area contributed by atoms with Crippen molar-refractivity contribution in [1.29, 1.82) is 0 Å². The summed E-state index contributed by atoms with van der Waals surface area (Å²) in [6, 6.07) is 22.7. The molecule has 1 aromatic carbocycles. The molecule has 0 saturated carbocycles. The molecular weight excluding hydrogens is 1300 g/mol. The first kappa shape index (κ1) is 96.4. The van der Waals surface area contributed by atoms with E-state index >= 15 is 0 Å². The Hall–Kier alpha value is -1.97. The fraction of sp³-hybridized carbons (Fsp3) is 0.768. The van der Waals surface area contributed by atoms with Gasteiger partial charge in [-0.2, -0.15) is 0 Å². The van der Waals surface area contributed by atoms with E-state index in [4.69, 9.17) is 4.74 Å². The van der Waals surface area contributed by atoms with Gasteiger partial charge in [-0.1, -0.05) is 309 Å². The molecule has 0 fully saturated rings. The standard InChI is InChI=1S/C24H47N2.C22H40NO.C21H38N.C15H26N.2BrH.2ClH/c1-4-6-8-10-12-14-16-18-20-25-22-23-26(24(25)3)21-19-17-15-13-11-9-7-5-2;1-4-5-6-7-8-9-10-11-12-16-19-23(2,3)20-21-24-22-17-14-13-15-18-22;1-2-3-4-5-6-7-8-9-10-11-12-13-14-16-19-22-20-17-15-18-21-22;1-2-3-4-5-6-7-8-10-13-16-14-11-9-12-15-16;;;;/h22-23H,4-21H2,1-3H3;13-15,17-18H,4-12,16,19-21H2,1-3H3;15,17-18,20-21H,2-14,16,19H2,1H3;9,11-12,14-15H,2-8,10,13H2,1H3;4*1H/q4*+1;;;;/p-4. The lowest BCUT2D eigenvalue weighted by Gasteiger charge is -2.29. The number of halogens is 4. The Balaban J connectivity index is -0.000000560. The molecule has 0 aliphatic carbocycles. The molecule has 0 atom stereocenters. The molecular formula is C82H151Br2Cl2N5O. The third-order valence-electron chi connectivity index (χ3n) is 18.2. The second-order valence-electron chi connectivity index (χ2n) is 27.2. The normalized spacial score (nSPS) is 10.7. The molecule has 3 heterocycles. The van der Waals surface area contributed by atoms with Crippen LogP contribution in [0.25, 0.3) is 0 Å². The molecule has 6 nitrogen and oxygen atoms in total. The number of hydrogen-bond donors (Lipinski definition) is 0. The second kappa shape index (κ2) is 76.4. The van der Waals surface area contributed by atoms with Crippen molar-refractivity contribution in [2.45, 2.75) is 376 Å². The van der Waals surface area contributed by atoms with Gasteiger partial charge in [0.2, 0.25) is 0 Å². The number of rotatable bonds is 57. The van der Waals surface area contributed by atoms with Gasteiger partial charge in [-0.3, -0.25) is 0 Å². The Morgan fingerprint density at radius 3 is 0.946 bits per heavy atom. The molecule has 538 valence electrons. The number of benzene rings is 1. The van der Waals surface area contributed by atoms with E-state index in [0.29, 0.717) is 0 Å². The number of hydrogen-bond acceptors (Lipinski definition) is 1. The molecule has 0 radical (unpaired) electrons. The summed E-state index contributed by atoms with van der Waals surface area (Å²) in [4.78, 5) is 0. The van der Waals surface area contributed by atoms with Crippen LogP contribution >= 0.6 is 0 Å². The number of pyridine rings is 2. The molecule has 0 unspecified atom stereocenters. The van der Waals surface area contributed by atoms with Crippen molar-refractivity contribution in [3.8, 4) is 5.75 Å². The Kier molecular flexibility index (Phi) is 80.1. The molecule has 0 amide bonds. The quantitative estimate of drug-likeness (QED) is 0.0246. The number of nitrogens with zero attached hydrogens (tertiary/aromatic N) is 5. The molecule has 0 spiro atoms. The highest BCUT2D eigenvalue weighted by molar-refractivity contribution is 5.20. The minimum absolute atomic E-state index is 0. The largest absolute Gasteiger partial charge is 1.00 e. The number of likely N-dealkylation sites (N-methyl/N-ethyl adjacent to an activating group) is 1. The van der Waals surface area contributed by atoms with E-state index in [1.165, 1.54) is 347 Å². The number of unbranched alkanes of at least 4 members (excludes halogenated alkanes) is 43. The molecule has 10 heteroatoms. The van der Waals surface area contributed by atoms with Gasteiger partial charge in [-0.25, -0.2) is 18.3 Å². The summed E-state index contributed by atoms with van der Waals surface area (Å²) in [6.45, 7) is 21.6. The zero-order valence-corrected chi connectivity index (χ0v) is 66.5. The van der Waals surface area contributed by atoms with Crippen molar-refractivity contribution >= 4 is 0 Å². The highest BCUT2D eigenvalue weighted by atomic mass is 79.9. The van der Waals surface area contributed by atoms with Crippen molar-refractivity contribution in [3.63, 3.8) is 0 Å². The summed E-state index contributed by atoms with van der Waals surface area (Å²) in [6.07, 6.45) is 81.0. The van der Waals surface area contributed by atoms with Gasteiger partial charge in [0.15, 0.2) is 24.8 Å². The number of ether oxygens (including phenoxy) is 1. The zero-order valence-electron chi connectivity index (χ0n) is 61.9. The van der Waals surface area contributed by atoms with Gasteiger partial charge < -0.3 is 68.0 Å². The van der Waals surface area contributed by atoms with Gasteiger partial charge in [-0.15, -0.1) is 0 Å². The van der Waals surface area contributed by atoms with E-state index in [1.807, 2.05) is 30.3 Å². The van der Waals surface area contributed by atoms with Crippen molar-refractivity contribution in [2.24, 2.45) is 0 Å². The lowest BCUT2D eigenvalue weighted by Crippen LogP contribution is -3.00. The second-order valence-corrected chi connectivity index (χ2v) is 27.2. The first-order valence-corrected chi connectivity index (χ1v) is 38.7. The molecule has 0 aliphatic heterocycles. The van der Waals surface area contributed by atoms with E-state index in [-0.39, 0.29) is 58.8 Å². The number of aromatic nitrogens is 4. The lowest BCUT2D eigenvalue weighted by atomic mass is 10.0. The lowest BCUT2D eigenvalue weighted by molar-refractivity contribution is -0.890. The first-order valence-electron chi connectivity index (χ1n) is 38.7. The molecule has 0 aliphatic rings. The van der Waals surface area contributed by atoms with Crippen LogP contribution in [0.4, 0.5) is 0 Å². The van der Waals surface area contributed by atoms with Gasteiger partial charge in [0.05, 0.1) is 33.7 Å². The summed E-state index contributed by atoms with van der Waals surface area (Å²) in [5, 5.41) is 0. The minimum Gasteiger partial charge on any atom is -1.00 e. The summed E-state index contributed by atoms with van der Waals surface area (Å²) in [5.41, 5.74) is 0. The SMILES string of the molecule is CCCCCCCCCCCCCCCC[n+]1ccccc1.CCCCCCCCCCCC[N+](C)(C)CCOc1ccccc1.CCCCCCCCCC[n+]1ccccc1.CCCCCCCCCCn1cc[n+](CCCCCCCCCC)c1C.[Br-].[Br-].[Cl-].[Cl-]. The summed E-state index contributed by atoms with van der Waals surface area (Å²) in [5.74, 6) is 2.42.